The monoisotopic (exact) mass is 328 g/mol. The molecular weight excluding hydrogens is 312 g/mol. The molecule has 0 aliphatic heterocycles. The maximum Gasteiger partial charge on any atom is 0.247 e. The topological polar surface area (TPSA) is 48.2 Å². The van der Waals surface area contributed by atoms with Gasteiger partial charge in [-0.3, -0.25) is 0 Å². The quantitative estimate of drug-likeness (QED) is 0.685. The van der Waals surface area contributed by atoms with Crippen LogP contribution in [0.2, 0.25) is 5.02 Å². The third kappa shape index (κ3) is 4.11. The highest BCUT2D eigenvalue weighted by Gasteiger charge is 2.08. The third-order valence-electron chi connectivity index (χ3n) is 3.34. The Morgan fingerprint density at radius 1 is 1.00 bits per heavy atom. The fourth-order valence-electron chi connectivity index (χ4n) is 2.34. The van der Waals surface area contributed by atoms with Crippen LogP contribution in [0.3, 0.4) is 0 Å². The third-order valence-corrected chi connectivity index (χ3v) is 3.59. The van der Waals surface area contributed by atoms with E-state index in [1.54, 1.807) is 12.1 Å². The van der Waals surface area contributed by atoms with Gasteiger partial charge in [0.25, 0.3) is 0 Å². The maximum absolute atomic E-state index is 5.87. The summed E-state index contributed by atoms with van der Waals surface area (Å²) in [7, 11) is 0. The van der Waals surface area contributed by atoms with E-state index in [-0.39, 0.29) is 0 Å². The predicted molar refractivity (Wildman–Crippen MR) is 89.9 cm³/mol. The average Bonchev–Trinajstić information content (AvgIpc) is 2.96. The number of benzene rings is 2. The average molecular weight is 329 g/mol. The Morgan fingerprint density at radius 3 is 2.39 bits per heavy atom. The summed E-state index contributed by atoms with van der Waals surface area (Å²) in [5.74, 6) is 1.90. The molecule has 3 aromatic rings. The number of ether oxygens (including phenoxy) is 1. The summed E-state index contributed by atoms with van der Waals surface area (Å²) in [5.41, 5.74) is 3.22. The van der Waals surface area contributed by atoms with E-state index in [0.29, 0.717) is 29.8 Å². The molecule has 1 aromatic heterocycles. The Labute approximate surface area is 140 Å². The van der Waals surface area contributed by atoms with E-state index in [9.17, 15) is 0 Å². The van der Waals surface area contributed by atoms with Crippen molar-refractivity contribution in [1.29, 1.82) is 0 Å². The van der Waals surface area contributed by atoms with Gasteiger partial charge in [-0.2, -0.15) is 0 Å². The van der Waals surface area contributed by atoms with Crippen LogP contribution in [0.4, 0.5) is 0 Å². The van der Waals surface area contributed by atoms with Crippen LogP contribution in [0.1, 0.15) is 17.0 Å². The largest absolute Gasteiger partial charge is 0.493 e. The van der Waals surface area contributed by atoms with Crippen molar-refractivity contribution in [2.45, 2.75) is 20.3 Å². The van der Waals surface area contributed by atoms with Crippen molar-refractivity contribution in [3.05, 3.63) is 64.5 Å². The van der Waals surface area contributed by atoms with Crippen LogP contribution >= 0.6 is 11.6 Å². The molecule has 4 nitrogen and oxygen atoms in total. The SMILES string of the molecule is Cc1cc(C)cc(OCCc2nnc(-c3ccc(Cl)cc3)o2)c1. The summed E-state index contributed by atoms with van der Waals surface area (Å²) >= 11 is 5.87. The molecule has 23 heavy (non-hydrogen) atoms. The Bertz CT molecular complexity index is 777. The van der Waals surface area contributed by atoms with Gasteiger partial charge in [0, 0.05) is 10.6 Å². The summed E-state index contributed by atoms with van der Waals surface area (Å²) in [5, 5.41) is 8.78. The molecule has 0 atom stereocenters. The van der Waals surface area contributed by atoms with Gasteiger partial charge in [-0.25, -0.2) is 0 Å². The molecule has 0 fully saturated rings. The standard InChI is InChI=1S/C18H17ClN2O2/c1-12-9-13(2)11-16(10-12)22-8-7-17-20-21-18(23-17)14-3-5-15(19)6-4-14/h3-6,9-11H,7-8H2,1-2H3. The number of halogens is 1. The van der Waals surface area contributed by atoms with Gasteiger partial charge >= 0.3 is 0 Å². The summed E-state index contributed by atoms with van der Waals surface area (Å²) in [6, 6.07) is 13.4. The van der Waals surface area contributed by atoms with Crippen molar-refractivity contribution in [1.82, 2.24) is 10.2 Å². The lowest BCUT2D eigenvalue weighted by molar-refractivity contribution is 0.306. The van der Waals surface area contributed by atoms with Crippen LogP contribution in [0, 0.1) is 13.8 Å². The molecule has 0 saturated carbocycles. The molecule has 0 radical (unpaired) electrons. The van der Waals surface area contributed by atoms with Crippen LogP contribution in [0.25, 0.3) is 11.5 Å². The van der Waals surface area contributed by atoms with E-state index in [2.05, 4.69) is 30.1 Å². The summed E-state index contributed by atoms with van der Waals surface area (Å²) in [4.78, 5) is 0. The fraction of sp³-hybridized carbons (Fsp3) is 0.222. The zero-order valence-corrected chi connectivity index (χ0v) is 13.8. The molecule has 0 spiro atoms. The predicted octanol–water partition coefficient (Wildman–Crippen LogP) is 4.63. The summed E-state index contributed by atoms with van der Waals surface area (Å²) in [6.07, 6.45) is 0.563. The van der Waals surface area contributed by atoms with E-state index >= 15 is 0 Å². The van der Waals surface area contributed by atoms with E-state index in [4.69, 9.17) is 20.8 Å². The second-order valence-corrected chi connectivity index (χ2v) is 5.87. The molecule has 0 aliphatic rings. The van der Waals surface area contributed by atoms with Crippen molar-refractivity contribution in [2.75, 3.05) is 6.61 Å². The lowest BCUT2D eigenvalue weighted by Gasteiger charge is -2.06. The first-order chi connectivity index (χ1) is 11.1. The van der Waals surface area contributed by atoms with Crippen molar-refractivity contribution in [2.24, 2.45) is 0 Å². The van der Waals surface area contributed by atoms with Gasteiger partial charge in [-0.15, -0.1) is 10.2 Å². The van der Waals surface area contributed by atoms with Gasteiger partial charge in [-0.1, -0.05) is 17.7 Å². The van der Waals surface area contributed by atoms with Crippen LogP contribution < -0.4 is 4.74 Å². The molecule has 118 valence electrons. The molecule has 0 unspecified atom stereocenters. The fourth-order valence-corrected chi connectivity index (χ4v) is 2.46. The van der Waals surface area contributed by atoms with E-state index < -0.39 is 0 Å². The Balaban J connectivity index is 1.60. The van der Waals surface area contributed by atoms with Crippen molar-refractivity contribution in [3.8, 4) is 17.2 Å². The number of hydrogen-bond donors (Lipinski definition) is 0. The number of aromatic nitrogens is 2. The maximum atomic E-state index is 5.87. The molecule has 3 rings (SSSR count). The van der Waals surface area contributed by atoms with Crippen LogP contribution in [-0.4, -0.2) is 16.8 Å². The van der Waals surface area contributed by atoms with E-state index in [0.717, 1.165) is 11.3 Å². The molecule has 1 heterocycles. The number of hydrogen-bond acceptors (Lipinski definition) is 4. The Hall–Kier alpha value is -2.33. The summed E-state index contributed by atoms with van der Waals surface area (Å²) < 4.78 is 11.4. The lowest BCUT2D eigenvalue weighted by atomic mass is 10.1. The zero-order chi connectivity index (χ0) is 16.2. The van der Waals surface area contributed by atoms with Crippen LogP contribution in [-0.2, 0) is 6.42 Å². The Kier molecular flexibility index (Phi) is 4.63. The van der Waals surface area contributed by atoms with Gasteiger partial charge in [-0.05, 0) is 61.4 Å². The zero-order valence-electron chi connectivity index (χ0n) is 13.0. The van der Waals surface area contributed by atoms with Crippen molar-refractivity contribution >= 4 is 11.6 Å². The second kappa shape index (κ2) is 6.84. The molecule has 0 aliphatic carbocycles. The van der Waals surface area contributed by atoms with Crippen LogP contribution in [0.5, 0.6) is 5.75 Å². The van der Waals surface area contributed by atoms with Gasteiger partial charge in [0.2, 0.25) is 11.8 Å². The smallest absolute Gasteiger partial charge is 0.247 e. The molecule has 0 N–H and O–H groups in total. The number of rotatable bonds is 5. The minimum atomic E-state index is 0.489. The minimum Gasteiger partial charge on any atom is -0.493 e. The lowest BCUT2D eigenvalue weighted by Crippen LogP contribution is -2.02. The molecule has 0 bridgehead atoms. The highest BCUT2D eigenvalue weighted by Crippen LogP contribution is 2.21. The van der Waals surface area contributed by atoms with Gasteiger partial charge in [0.15, 0.2) is 0 Å². The van der Waals surface area contributed by atoms with E-state index in [1.165, 1.54) is 11.1 Å². The van der Waals surface area contributed by atoms with Gasteiger partial charge < -0.3 is 9.15 Å². The molecule has 0 saturated heterocycles. The van der Waals surface area contributed by atoms with Crippen molar-refractivity contribution in [3.63, 3.8) is 0 Å². The van der Waals surface area contributed by atoms with Gasteiger partial charge in [0.05, 0.1) is 13.0 Å². The number of nitrogens with zero attached hydrogens (tertiary/aromatic N) is 2. The first-order valence-electron chi connectivity index (χ1n) is 7.39. The highest BCUT2D eigenvalue weighted by atomic mass is 35.5. The normalized spacial score (nSPS) is 10.7. The van der Waals surface area contributed by atoms with Crippen molar-refractivity contribution < 1.29 is 9.15 Å². The molecule has 5 heteroatoms. The molecule has 0 amide bonds. The highest BCUT2D eigenvalue weighted by molar-refractivity contribution is 6.30. The molecular formula is C18H17ClN2O2. The van der Waals surface area contributed by atoms with Crippen LogP contribution in [0.15, 0.2) is 46.9 Å². The summed E-state index contributed by atoms with van der Waals surface area (Å²) in [6.45, 7) is 4.59. The van der Waals surface area contributed by atoms with E-state index in [1.807, 2.05) is 24.3 Å². The number of aryl methyl sites for hydroxylation is 2. The first kappa shape index (κ1) is 15.6. The second-order valence-electron chi connectivity index (χ2n) is 5.43. The Morgan fingerprint density at radius 2 is 1.70 bits per heavy atom. The molecule has 2 aromatic carbocycles. The van der Waals surface area contributed by atoms with Gasteiger partial charge in [0.1, 0.15) is 5.75 Å². The minimum absolute atomic E-state index is 0.489. The first-order valence-corrected chi connectivity index (χ1v) is 7.77.